The van der Waals surface area contributed by atoms with Crippen LogP contribution in [0.1, 0.15) is 213 Å². The number of phosphoric acid groups is 1. The highest BCUT2D eigenvalue weighted by Gasteiger charge is 2.24. The largest absolute Gasteiger partial charge is 0.469 e. The Bertz CT molecular complexity index is 743. The fourth-order valence-electron chi connectivity index (χ4n) is 6.17. The van der Waals surface area contributed by atoms with Gasteiger partial charge in [-0.15, -0.1) is 0 Å². The van der Waals surface area contributed by atoms with Gasteiger partial charge in [0.15, 0.2) is 0 Å². The predicted molar refractivity (Wildman–Crippen MR) is 200 cm³/mol. The number of unbranched alkanes of at least 4 members (excludes halogenated alkanes) is 28. The molecule has 7 nitrogen and oxygen atoms in total. The van der Waals surface area contributed by atoms with Crippen LogP contribution in [-0.4, -0.2) is 39.6 Å². The lowest BCUT2D eigenvalue weighted by Crippen LogP contribution is -2.45. The Morgan fingerprint density at radius 1 is 0.596 bits per heavy atom. The zero-order valence-electron chi connectivity index (χ0n) is 31.0. The summed E-state index contributed by atoms with van der Waals surface area (Å²) in [5, 5.41) is 13.3. The standard InChI is InChI=1S/C39H78NO6P/c1-3-5-7-9-11-13-14-15-16-17-18-19-20-21-22-23-24-25-27-29-31-33-35-39(42)40-37(36-46-47(43,44)45)38(41)34-32-30-28-26-12-10-8-6-4-2/h32,34,37-38,41H,3-31,33,35-36H2,1-2H3,(H,40,42)(H2,43,44,45)/b34-32+/t37-,38+/m0/s1. The molecule has 0 heterocycles. The molecule has 0 aromatic carbocycles. The lowest BCUT2D eigenvalue weighted by atomic mass is 10.0. The molecule has 0 saturated heterocycles. The van der Waals surface area contributed by atoms with E-state index >= 15 is 0 Å². The zero-order valence-corrected chi connectivity index (χ0v) is 31.8. The number of hydrogen-bond acceptors (Lipinski definition) is 4. The Hall–Kier alpha value is -0.720. The van der Waals surface area contributed by atoms with E-state index < -0.39 is 26.6 Å². The number of aliphatic hydroxyl groups is 1. The van der Waals surface area contributed by atoms with Crippen LogP contribution in [0.3, 0.4) is 0 Å². The van der Waals surface area contributed by atoms with Crippen LogP contribution in [0.25, 0.3) is 0 Å². The van der Waals surface area contributed by atoms with Gasteiger partial charge in [-0.3, -0.25) is 9.32 Å². The van der Waals surface area contributed by atoms with E-state index in [1.807, 2.05) is 6.08 Å². The third-order valence-electron chi connectivity index (χ3n) is 9.25. The van der Waals surface area contributed by atoms with Gasteiger partial charge in [-0.05, 0) is 19.3 Å². The van der Waals surface area contributed by atoms with E-state index in [0.29, 0.717) is 6.42 Å². The molecule has 0 aliphatic heterocycles. The first-order valence-corrected chi connectivity index (χ1v) is 21.7. The monoisotopic (exact) mass is 688 g/mol. The van der Waals surface area contributed by atoms with Crippen molar-refractivity contribution in [3.63, 3.8) is 0 Å². The Kier molecular flexibility index (Phi) is 34.6. The smallest absolute Gasteiger partial charge is 0.387 e. The van der Waals surface area contributed by atoms with Gasteiger partial charge in [0.2, 0.25) is 5.91 Å². The van der Waals surface area contributed by atoms with Crippen molar-refractivity contribution in [3.05, 3.63) is 12.2 Å². The molecule has 0 spiro atoms. The Morgan fingerprint density at radius 3 is 1.30 bits per heavy atom. The predicted octanol–water partition coefficient (Wildman–Crippen LogP) is 11.6. The molecule has 280 valence electrons. The second kappa shape index (κ2) is 35.1. The maximum atomic E-state index is 12.5. The molecule has 0 aromatic rings. The molecule has 8 heteroatoms. The molecule has 4 N–H and O–H groups in total. The molecule has 1 amide bonds. The lowest BCUT2D eigenvalue weighted by Gasteiger charge is -2.22. The van der Waals surface area contributed by atoms with Crippen LogP contribution < -0.4 is 5.32 Å². The number of nitrogens with one attached hydrogen (secondary N) is 1. The van der Waals surface area contributed by atoms with E-state index in [1.165, 1.54) is 154 Å². The fourth-order valence-corrected chi connectivity index (χ4v) is 6.52. The Morgan fingerprint density at radius 2 is 0.936 bits per heavy atom. The third-order valence-corrected chi connectivity index (χ3v) is 9.73. The van der Waals surface area contributed by atoms with Gasteiger partial charge in [-0.2, -0.15) is 0 Å². The summed E-state index contributed by atoms with van der Waals surface area (Å²) in [5.41, 5.74) is 0. The SMILES string of the molecule is CCCCCCCCC/C=C/[C@@H](O)[C@H](COP(=O)(O)O)NC(=O)CCCCCCCCCCCCCCCCCCCCCCCC. The molecular weight excluding hydrogens is 609 g/mol. The Labute approximate surface area is 291 Å². The molecule has 0 aliphatic rings. The van der Waals surface area contributed by atoms with E-state index in [4.69, 9.17) is 9.79 Å². The first-order chi connectivity index (χ1) is 22.8. The molecule has 0 saturated carbocycles. The number of phosphoric ester groups is 1. The second-order valence-electron chi connectivity index (χ2n) is 14.0. The summed E-state index contributed by atoms with van der Waals surface area (Å²) in [6, 6.07) is -0.903. The summed E-state index contributed by atoms with van der Waals surface area (Å²) >= 11 is 0. The number of allylic oxidation sites excluding steroid dienone is 1. The number of carbonyl (C=O) groups excluding carboxylic acids is 1. The maximum absolute atomic E-state index is 12.5. The van der Waals surface area contributed by atoms with E-state index in [1.54, 1.807) is 6.08 Å². The zero-order chi connectivity index (χ0) is 34.7. The average Bonchev–Trinajstić information content (AvgIpc) is 3.04. The molecule has 0 aromatic heterocycles. The fraction of sp³-hybridized carbons (Fsp3) is 0.923. The van der Waals surface area contributed by atoms with Crippen molar-refractivity contribution in [2.45, 2.75) is 225 Å². The normalized spacial score (nSPS) is 13.4. The lowest BCUT2D eigenvalue weighted by molar-refractivity contribution is -0.123. The number of rotatable bonds is 37. The molecule has 0 rings (SSSR count). The van der Waals surface area contributed by atoms with Crippen LogP contribution >= 0.6 is 7.82 Å². The summed E-state index contributed by atoms with van der Waals surface area (Å²) < 4.78 is 15.8. The van der Waals surface area contributed by atoms with Gasteiger partial charge >= 0.3 is 7.82 Å². The molecular formula is C39H78NO6P. The minimum atomic E-state index is -4.70. The summed E-state index contributed by atoms with van der Waals surface area (Å²) in [4.78, 5) is 30.7. The van der Waals surface area contributed by atoms with Crippen LogP contribution in [0.15, 0.2) is 12.2 Å². The molecule has 0 fully saturated rings. The highest BCUT2D eigenvalue weighted by molar-refractivity contribution is 7.46. The van der Waals surface area contributed by atoms with Crippen molar-refractivity contribution in [3.8, 4) is 0 Å². The van der Waals surface area contributed by atoms with Gasteiger partial charge in [0, 0.05) is 6.42 Å². The first kappa shape index (κ1) is 46.3. The molecule has 0 radical (unpaired) electrons. The number of aliphatic hydroxyl groups excluding tert-OH is 1. The third kappa shape index (κ3) is 36.4. The van der Waals surface area contributed by atoms with Gasteiger partial charge in [-0.25, -0.2) is 4.57 Å². The topological polar surface area (TPSA) is 116 Å². The van der Waals surface area contributed by atoms with Crippen LogP contribution in [0.2, 0.25) is 0 Å². The summed E-state index contributed by atoms with van der Waals surface area (Å²) in [6.45, 7) is 4.04. The molecule has 2 atom stereocenters. The highest BCUT2D eigenvalue weighted by atomic mass is 31.2. The second-order valence-corrected chi connectivity index (χ2v) is 15.2. The van der Waals surface area contributed by atoms with Crippen molar-refractivity contribution < 1.29 is 28.8 Å². The summed E-state index contributed by atoms with van der Waals surface area (Å²) in [6.07, 6.45) is 41.1. The summed E-state index contributed by atoms with van der Waals surface area (Å²) in [5.74, 6) is -0.225. The van der Waals surface area contributed by atoms with Crippen molar-refractivity contribution in [1.82, 2.24) is 5.32 Å². The number of carbonyl (C=O) groups is 1. The van der Waals surface area contributed by atoms with Crippen molar-refractivity contribution in [2.75, 3.05) is 6.61 Å². The first-order valence-electron chi connectivity index (χ1n) is 20.1. The van der Waals surface area contributed by atoms with E-state index in [0.717, 1.165) is 38.5 Å². The molecule has 0 aliphatic carbocycles. The van der Waals surface area contributed by atoms with Gasteiger partial charge in [0.25, 0.3) is 0 Å². The molecule has 0 bridgehead atoms. The van der Waals surface area contributed by atoms with Crippen LogP contribution in [0.5, 0.6) is 0 Å². The quantitative estimate of drug-likeness (QED) is 0.0293. The minimum Gasteiger partial charge on any atom is -0.387 e. The molecule has 47 heavy (non-hydrogen) atoms. The van der Waals surface area contributed by atoms with Crippen molar-refractivity contribution in [1.29, 1.82) is 0 Å². The Balaban J connectivity index is 3.81. The van der Waals surface area contributed by atoms with Crippen molar-refractivity contribution >= 4 is 13.7 Å². The highest BCUT2D eigenvalue weighted by Crippen LogP contribution is 2.35. The van der Waals surface area contributed by atoms with Crippen molar-refractivity contribution in [2.24, 2.45) is 0 Å². The van der Waals surface area contributed by atoms with E-state index in [2.05, 4.69) is 23.7 Å². The van der Waals surface area contributed by atoms with E-state index in [9.17, 15) is 14.5 Å². The number of amides is 1. The van der Waals surface area contributed by atoms with Crippen LogP contribution in [-0.2, 0) is 13.9 Å². The van der Waals surface area contributed by atoms with Gasteiger partial charge < -0.3 is 20.2 Å². The summed E-state index contributed by atoms with van der Waals surface area (Å²) in [7, 11) is -4.70. The van der Waals surface area contributed by atoms with Crippen LogP contribution in [0, 0.1) is 0 Å². The van der Waals surface area contributed by atoms with Gasteiger partial charge in [-0.1, -0.05) is 199 Å². The minimum absolute atomic E-state index is 0.225. The molecule has 0 unspecified atom stereocenters. The van der Waals surface area contributed by atoms with E-state index in [-0.39, 0.29) is 5.91 Å². The number of hydrogen-bond donors (Lipinski definition) is 4. The van der Waals surface area contributed by atoms with Gasteiger partial charge in [0.1, 0.15) is 0 Å². The average molecular weight is 688 g/mol. The van der Waals surface area contributed by atoms with Gasteiger partial charge in [0.05, 0.1) is 18.8 Å². The van der Waals surface area contributed by atoms with Crippen LogP contribution in [0.4, 0.5) is 0 Å². The maximum Gasteiger partial charge on any atom is 0.469 e.